The van der Waals surface area contributed by atoms with Gasteiger partial charge in [-0.3, -0.25) is 9.69 Å². The van der Waals surface area contributed by atoms with Gasteiger partial charge in [-0.05, 0) is 68.4 Å². The van der Waals surface area contributed by atoms with Gasteiger partial charge in [0.2, 0.25) is 0 Å². The summed E-state index contributed by atoms with van der Waals surface area (Å²) in [5.74, 6) is 1.28. The summed E-state index contributed by atoms with van der Waals surface area (Å²) in [6.07, 6.45) is 0. The van der Waals surface area contributed by atoms with Crippen LogP contribution >= 0.6 is 23.7 Å². The van der Waals surface area contributed by atoms with E-state index < -0.39 is 0 Å². The third-order valence-electron chi connectivity index (χ3n) is 5.56. The van der Waals surface area contributed by atoms with Gasteiger partial charge in [0.15, 0.2) is 11.7 Å². The second-order valence-corrected chi connectivity index (χ2v) is 8.40. The minimum Gasteiger partial charge on any atom is -0.497 e. The lowest BCUT2D eigenvalue weighted by molar-refractivity contribution is -0.120. The van der Waals surface area contributed by atoms with E-state index >= 15 is 0 Å². The van der Waals surface area contributed by atoms with Crippen molar-refractivity contribution in [3.8, 4) is 11.5 Å². The lowest BCUT2D eigenvalue weighted by Gasteiger charge is -2.24. The maximum atomic E-state index is 13.2. The van der Waals surface area contributed by atoms with Crippen molar-refractivity contribution in [1.29, 1.82) is 0 Å². The van der Waals surface area contributed by atoms with Gasteiger partial charge in [0, 0.05) is 13.1 Å². The predicted molar refractivity (Wildman–Crippen MR) is 135 cm³/mol. The average Bonchev–Trinajstić information content (AvgIpc) is 3.22. The molecule has 1 aromatic heterocycles. The third-order valence-corrected chi connectivity index (χ3v) is 6.61. The van der Waals surface area contributed by atoms with Crippen molar-refractivity contribution in [2.45, 2.75) is 27.7 Å². The molecule has 0 aliphatic heterocycles. The second-order valence-electron chi connectivity index (χ2n) is 7.39. The number of likely N-dealkylation sites (N-methyl/N-ethyl adjacent to an activating group) is 1. The molecule has 0 unspecified atom stereocenters. The quantitative estimate of drug-likeness (QED) is 0.406. The Morgan fingerprint density at radius 3 is 2.28 bits per heavy atom. The van der Waals surface area contributed by atoms with E-state index in [0.717, 1.165) is 46.3 Å². The third kappa shape index (κ3) is 6.12. The average molecular weight is 478 g/mol. The van der Waals surface area contributed by atoms with Gasteiger partial charge in [0.25, 0.3) is 5.91 Å². The zero-order chi connectivity index (χ0) is 22.4. The maximum Gasteiger partial charge on any atom is 0.266 e. The molecule has 0 bridgehead atoms. The highest BCUT2D eigenvalue weighted by Gasteiger charge is 2.22. The fraction of sp³-hybridized carbons (Fsp3) is 0.417. The Morgan fingerprint density at radius 2 is 1.66 bits per heavy atom. The topological polar surface area (TPSA) is 54.9 Å². The van der Waals surface area contributed by atoms with E-state index in [0.29, 0.717) is 12.3 Å². The van der Waals surface area contributed by atoms with E-state index in [2.05, 4.69) is 44.7 Å². The Balaban J connectivity index is 0.00000363. The number of fused-ring (bicyclic) bond motifs is 1. The molecule has 6 nitrogen and oxygen atoms in total. The van der Waals surface area contributed by atoms with E-state index in [1.54, 1.807) is 35.5 Å². The van der Waals surface area contributed by atoms with Gasteiger partial charge in [0.1, 0.15) is 11.5 Å². The van der Waals surface area contributed by atoms with Crippen molar-refractivity contribution in [1.82, 2.24) is 9.88 Å². The van der Waals surface area contributed by atoms with Crippen LogP contribution in [-0.2, 0) is 4.79 Å². The Labute approximate surface area is 200 Å². The Bertz CT molecular complexity index is 1020. The van der Waals surface area contributed by atoms with Crippen LogP contribution in [0.2, 0.25) is 0 Å². The largest absolute Gasteiger partial charge is 0.497 e. The van der Waals surface area contributed by atoms with Crippen LogP contribution in [0, 0.1) is 13.8 Å². The monoisotopic (exact) mass is 477 g/mol. The number of methoxy groups -OCH3 is 1. The highest BCUT2D eigenvalue weighted by molar-refractivity contribution is 7.22. The molecule has 0 aliphatic rings. The Kier molecular flexibility index (Phi) is 9.75. The molecule has 1 heterocycles. The van der Waals surface area contributed by atoms with Crippen molar-refractivity contribution in [2.24, 2.45) is 0 Å². The maximum absolute atomic E-state index is 13.2. The van der Waals surface area contributed by atoms with Gasteiger partial charge in [-0.25, -0.2) is 4.98 Å². The molecule has 0 atom stereocenters. The fourth-order valence-electron chi connectivity index (χ4n) is 3.33. The Morgan fingerprint density at radius 1 is 1.00 bits per heavy atom. The van der Waals surface area contributed by atoms with Crippen molar-refractivity contribution >= 4 is 45.0 Å². The first kappa shape index (κ1) is 25.9. The van der Waals surface area contributed by atoms with Crippen LogP contribution in [0.25, 0.3) is 10.2 Å². The molecule has 0 saturated heterocycles. The standard InChI is InChI=1S/C24H31N3O3S.ClH/c1-6-26(7-2)14-15-27(22(28)16-30-20-11-9-19(29-5)10-12-20)24-25-23-18(4)17(3)8-13-21(23)31-24;/h8-13H,6-7,14-16H2,1-5H3;1H. The molecule has 0 aliphatic carbocycles. The summed E-state index contributed by atoms with van der Waals surface area (Å²) in [6, 6.07) is 11.4. The van der Waals surface area contributed by atoms with Gasteiger partial charge in [-0.15, -0.1) is 12.4 Å². The van der Waals surface area contributed by atoms with Gasteiger partial charge >= 0.3 is 0 Å². The fourth-order valence-corrected chi connectivity index (χ4v) is 4.40. The predicted octanol–water partition coefficient (Wildman–Crippen LogP) is 5.10. The number of nitrogens with zero attached hydrogens (tertiary/aromatic N) is 3. The van der Waals surface area contributed by atoms with Crippen LogP contribution in [-0.4, -0.2) is 55.7 Å². The van der Waals surface area contributed by atoms with Crippen LogP contribution in [0.5, 0.6) is 11.5 Å². The summed E-state index contributed by atoms with van der Waals surface area (Å²) in [7, 11) is 1.62. The van der Waals surface area contributed by atoms with Crippen LogP contribution in [0.3, 0.4) is 0 Å². The molecule has 2 aromatic carbocycles. The van der Waals surface area contributed by atoms with Crippen LogP contribution in [0.4, 0.5) is 5.13 Å². The molecular formula is C24H32ClN3O3S. The SMILES string of the molecule is CCN(CC)CCN(C(=O)COc1ccc(OC)cc1)c1nc2c(C)c(C)ccc2s1.Cl. The van der Waals surface area contributed by atoms with E-state index in [1.165, 1.54) is 5.56 Å². The molecule has 1 amide bonds. The van der Waals surface area contributed by atoms with E-state index in [1.807, 2.05) is 12.1 Å². The van der Waals surface area contributed by atoms with Gasteiger partial charge in [-0.1, -0.05) is 31.3 Å². The molecule has 0 fully saturated rings. The zero-order valence-electron chi connectivity index (χ0n) is 19.4. The molecule has 0 spiro atoms. The molecule has 174 valence electrons. The Hall–Kier alpha value is -2.35. The van der Waals surface area contributed by atoms with Crippen molar-refractivity contribution in [3.63, 3.8) is 0 Å². The van der Waals surface area contributed by atoms with Crippen LogP contribution < -0.4 is 14.4 Å². The zero-order valence-corrected chi connectivity index (χ0v) is 21.0. The van der Waals surface area contributed by atoms with Gasteiger partial charge in [0.05, 0.1) is 17.3 Å². The minimum atomic E-state index is -0.101. The van der Waals surface area contributed by atoms with Crippen LogP contribution in [0.15, 0.2) is 36.4 Å². The minimum absolute atomic E-state index is 0. The molecule has 32 heavy (non-hydrogen) atoms. The highest BCUT2D eigenvalue weighted by Crippen LogP contribution is 2.32. The lowest BCUT2D eigenvalue weighted by Crippen LogP contribution is -2.41. The first-order valence-corrected chi connectivity index (χ1v) is 11.4. The van der Waals surface area contributed by atoms with E-state index in [-0.39, 0.29) is 24.9 Å². The second kappa shape index (κ2) is 12.0. The van der Waals surface area contributed by atoms with Gasteiger partial charge < -0.3 is 14.4 Å². The molecule has 3 rings (SSSR count). The molecule has 8 heteroatoms. The number of hydrogen-bond donors (Lipinski definition) is 0. The molecule has 0 N–H and O–H groups in total. The van der Waals surface area contributed by atoms with E-state index in [9.17, 15) is 4.79 Å². The highest BCUT2D eigenvalue weighted by atomic mass is 35.5. The van der Waals surface area contributed by atoms with E-state index in [4.69, 9.17) is 14.5 Å². The number of aromatic nitrogens is 1. The molecule has 0 radical (unpaired) electrons. The number of amides is 1. The molecule has 3 aromatic rings. The summed E-state index contributed by atoms with van der Waals surface area (Å²) in [4.78, 5) is 22.1. The number of rotatable bonds is 10. The van der Waals surface area contributed by atoms with Crippen molar-refractivity contribution < 1.29 is 14.3 Å². The lowest BCUT2D eigenvalue weighted by atomic mass is 10.1. The number of thiazole rings is 1. The first-order valence-electron chi connectivity index (χ1n) is 10.6. The number of ether oxygens (including phenoxy) is 2. The van der Waals surface area contributed by atoms with Crippen molar-refractivity contribution in [2.75, 3.05) is 44.8 Å². The number of carbonyl (C=O) groups is 1. The summed E-state index contributed by atoms with van der Waals surface area (Å²) in [5.41, 5.74) is 3.33. The number of hydrogen-bond acceptors (Lipinski definition) is 6. The number of aryl methyl sites for hydroxylation is 2. The summed E-state index contributed by atoms with van der Waals surface area (Å²) < 4.78 is 12.0. The first-order chi connectivity index (χ1) is 15.0. The molecular weight excluding hydrogens is 446 g/mol. The summed E-state index contributed by atoms with van der Waals surface area (Å²) >= 11 is 1.55. The summed E-state index contributed by atoms with van der Waals surface area (Å²) in [5, 5.41) is 0.721. The normalized spacial score (nSPS) is 10.8. The molecule has 0 saturated carbocycles. The number of halogens is 1. The summed E-state index contributed by atoms with van der Waals surface area (Å²) in [6.45, 7) is 11.6. The van der Waals surface area contributed by atoms with Crippen molar-refractivity contribution in [3.05, 3.63) is 47.5 Å². The number of carbonyl (C=O) groups excluding carboxylic acids is 1. The van der Waals surface area contributed by atoms with Gasteiger partial charge in [-0.2, -0.15) is 0 Å². The smallest absolute Gasteiger partial charge is 0.266 e. The van der Waals surface area contributed by atoms with Crippen LogP contribution in [0.1, 0.15) is 25.0 Å². The number of anilines is 1. The number of benzene rings is 2.